The van der Waals surface area contributed by atoms with Crippen molar-refractivity contribution in [3.8, 4) is 0 Å². The van der Waals surface area contributed by atoms with E-state index < -0.39 is 48.1 Å². The minimum atomic E-state index is -1.24. The van der Waals surface area contributed by atoms with Gasteiger partial charge in [-0.15, -0.1) is 0 Å². The molecule has 0 bridgehead atoms. The van der Waals surface area contributed by atoms with Crippen LogP contribution in [0.4, 0.5) is 0 Å². The normalized spacial score (nSPS) is 13.9. The van der Waals surface area contributed by atoms with E-state index in [0.717, 1.165) is 0 Å². The number of hydrogen-bond donors (Lipinski definition) is 7. The molecule has 3 atom stereocenters. The molecule has 0 saturated carbocycles. The number of guanidine groups is 1. The van der Waals surface area contributed by atoms with E-state index in [9.17, 15) is 19.2 Å². The first-order chi connectivity index (χ1) is 13.0. The van der Waals surface area contributed by atoms with E-state index in [-0.39, 0.29) is 18.4 Å². The average molecular weight is 401 g/mol. The van der Waals surface area contributed by atoms with Crippen molar-refractivity contribution in [2.24, 2.45) is 33.8 Å². The molecular weight excluding hydrogens is 370 g/mol. The van der Waals surface area contributed by atoms with Crippen LogP contribution in [0.1, 0.15) is 33.1 Å². The average Bonchev–Trinajstić information content (AvgIpc) is 2.59. The summed E-state index contributed by atoms with van der Waals surface area (Å²) < 4.78 is 0. The van der Waals surface area contributed by atoms with Gasteiger partial charge in [0.05, 0.1) is 31.1 Å². The minimum Gasteiger partial charge on any atom is -0.481 e. The van der Waals surface area contributed by atoms with Gasteiger partial charge in [0.25, 0.3) is 0 Å². The summed E-state index contributed by atoms with van der Waals surface area (Å²) in [6.45, 7) is 3.31. The van der Waals surface area contributed by atoms with Crippen LogP contribution in [0.5, 0.6) is 0 Å². The van der Waals surface area contributed by atoms with Crippen molar-refractivity contribution in [1.82, 2.24) is 10.6 Å². The lowest BCUT2D eigenvalue weighted by atomic mass is 9.94. The van der Waals surface area contributed by atoms with Gasteiger partial charge in [-0.25, -0.2) is 0 Å². The van der Waals surface area contributed by atoms with Crippen LogP contribution in [-0.2, 0) is 19.2 Å². The van der Waals surface area contributed by atoms with Gasteiger partial charge in [0.15, 0.2) is 11.7 Å². The van der Waals surface area contributed by atoms with Crippen molar-refractivity contribution in [1.29, 1.82) is 0 Å². The summed E-state index contributed by atoms with van der Waals surface area (Å²) in [6, 6.07) is -3.04. The summed E-state index contributed by atoms with van der Waals surface area (Å²) in [5.41, 5.74) is 21.7. The van der Waals surface area contributed by atoms with Gasteiger partial charge in [-0.2, -0.15) is 0 Å². The van der Waals surface area contributed by atoms with Crippen LogP contribution in [0.2, 0.25) is 0 Å². The van der Waals surface area contributed by atoms with Crippen LogP contribution >= 0.6 is 0 Å². The molecule has 160 valence electrons. The number of hydrogen-bond acceptors (Lipinski definition) is 7. The zero-order valence-electron chi connectivity index (χ0n) is 16.2. The Morgan fingerprint density at radius 3 is 2.18 bits per heavy atom. The molecule has 0 radical (unpaired) electrons. The number of rotatable bonds is 13. The standard InChI is InChI=1S/C16H31N7O5/c1-8(2)13(14(27)10(18)6-12(25)26)23-11(24)7-22-15(28)9(17)4-3-5-21-16(19)20/h8-10,13H,3-7,17-18H2,1-2H3,(H,22,28)(H,23,24)(H,25,26)(H4,19,20,21)/t9-,10-,13?/m0/s1. The monoisotopic (exact) mass is 401 g/mol. The highest BCUT2D eigenvalue weighted by Crippen LogP contribution is 2.07. The number of ketones is 1. The van der Waals surface area contributed by atoms with Crippen LogP contribution in [0.3, 0.4) is 0 Å². The molecule has 0 spiro atoms. The highest BCUT2D eigenvalue weighted by atomic mass is 16.4. The molecule has 11 N–H and O–H groups in total. The quantitative estimate of drug-likeness (QED) is 0.0945. The third-order valence-electron chi connectivity index (χ3n) is 3.78. The molecule has 0 heterocycles. The number of amides is 2. The van der Waals surface area contributed by atoms with E-state index in [1.54, 1.807) is 13.8 Å². The molecule has 0 aliphatic heterocycles. The van der Waals surface area contributed by atoms with Gasteiger partial charge in [-0.3, -0.25) is 24.2 Å². The van der Waals surface area contributed by atoms with E-state index in [2.05, 4.69) is 15.6 Å². The highest BCUT2D eigenvalue weighted by molar-refractivity contribution is 5.95. The first-order valence-corrected chi connectivity index (χ1v) is 8.84. The Hall–Kier alpha value is -2.73. The number of nitrogens with two attached hydrogens (primary N) is 4. The fourth-order valence-electron chi connectivity index (χ4n) is 2.26. The highest BCUT2D eigenvalue weighted by Gasteiger charge is 2.29. The molecule has 0 aromatic carbocycles. The third-order valence-corrected chi connectivity index (χ3v) is 3.78. The molecule has 0 rings (SSSR count). The van der Waals surface area contributed by atoms with Gasteiger partial charge in [-0.05, 0) is 18.8 Å². The third kappa shape index (κ3) is 10.4. The van der Waals surface area contributed by atoms with Gasteiger partial charge >= 0.3 is 5.97 Å². The summed E-state index contributed by atoms with van der Waals surface area (Å²) in [4.78, 5) is 50.7. The lowest BCUT2D eigenvalue weighted by molar-refractivity contribution is -0.139. The first kappa shape index (κ1) is 25.3. The van der Waals surface area contributed by atoms with E-state index in [4.69, 9.17) is 28.0 Å². The molecule has 12 heteroatoms. The fraction of sp³-hybridized carbons (Fsp3) is 0.688. The summed E-state index contributed by atoms with van der Waals surface area (Å²) in [5.74, 6) is -3.31. The maximum atomic E-state index is 12.3. The number of nitrogens with zero attached hydrogens (tertiary/aromatic N) is 1. The summed E-state index contributed by atoms with van der Waals surface area (Å²) in [5, 5.41) is 13.6. The number of Topliss-reactive ketones (excluding diaryl/α,β-unsaturated/α-hetero) is 1. The minimum absolute atomic E-state index is 0.0491. The zero-order valence-corrected chi connectivity index (χ0v) is 16.2. The number of carbonyl (C=O) groups is 4. The van der Waals surface area contributed by atoms with Gasteiger partial charge in [0.2, 0.25) is 11.8 Å². The molecule has 0 aromatic rings. The number of nitrogens with one attached hydrogen (secondary N) is 2. The van der Waals surface area contributed by atoms with Crippen LogP contribution in [0.15, 0.2) is 4.99 Å². The zero-order chi connectivity index (χ0) is 21.9. The van der Waals surface area contributed by atoms with Crippen LogP contribution in [0, 0.1) is 5.92 Å². The predicted molar refractivity (Wildman–Crippen MR) is 103 cm³/mol. The van der Waals surface area contributed by atoms with E-state index in [1.807, 2.05) is 0 Å². The predicted octanol–water partition coefficient (Wildman–Crippen LogP) is -3.00. The summed E-state index contributed by atoms with van der Waals surface area (Å²) in [7, 11) is 0. The second-order valence-corrected chi connectivity index (χ2v) is 6.67. The van der Waals surface area contributed by atoms with E-state index >= 15 is 0 Å². The Bertz CT molecular complexity index is 590. The van der Waals surface area contributed by atoms with E-state index in [0.29, 0.717) is 19.4 Å². The van der Waals surface area contributed by atoms with E-state index in [1.165, 1.54) is 0 Å². The van der Waals surface area contributed by atoms with Crippen molar-refractivity contribution in [2.75, 3.05) is 13.1 Å². The first-order valence-electron chi connectivity index (χ1n) is 8.84. The summed E-state index contributed by atoms with van der Waals surface area (Å²) in [6.07, 6.45) is 0.273. The van der Waals surface area contributed by atoms with Gasteiger partial charge in [-0.1, -0.05) is 13.8 Å². The van der Waals surface area contributed by atoms with Crippen LogP contribution in [-0.4, -0.2) is 65.8 Å². The molecule has 28 heavy (non-hydrogen) atoms. The largest absolute Gasteiger partial charge is 0.481 e. The van der Waals surface area contributed by atoms with Gasteiger partial charge in [0, 0.05) is 6.54 Å². The second kappa shape index (κ2) is 12.6. The molecule has 2 amide bonds. The Morgan fingerprint density at radius 1 is 1.07 bits per heavy atom. The number of carboxylic acid groups (broad SMARTS) is 1. The van der Waals surface area contributed by atoms with Crippen molar-refractivity contribution < 1.29 is 24.3 Å². The fourth-order valence-corrected chi connectivity index (χ4v) is 2.26. The molecule has 0 aromatic heterocycles. The number of carbonyl (C=O) groups excluding carboxylic acids is 3. The maximum absolute atomic E-state index is 12.3. The molecule has 0 aliphatic rings. The Kier molecular flexibility index (Phi) is 11.4. The van der Waals surface area contributed by atoms with Crippen molar-refractivity contribution in [2.45, 2.75) is 51.2 Å². The smallest absolute Gasteiger partial charge is 0.305 e. The molecule has 1 unspecified atom stereocenters. The Labute approximate surface area is 163 Å². The maximum Gasteiger partial charge on any atom is 0.305 e. The SMILES string of the molecule is CC(C)C(NC(=O)CNC(=O)[C@@H](N)CCCN=C(N)N)C(=O)[C@@H](N)CC(=O)O. The number of carboxylic acids is 1. The van der Waals surface area contributed by atoms with Crippen molar-refractivity contribution >= 4 is 29.5 Å². The molecule has 0 saturated heterocycles. The van der Waals surface area contributed by atoms with Gasteiger partial charge < -0.3 is 38.7 Å². The topological polar surface area (TPSA) is 229 Å². The van der Waals surface area contributed by atoms with Crippen LogP contribution in [0.25, 0.3) is 0 Å². The number of aliphatic imine (C=N–C) groups is 1. The molecule has 0 fully saturated rings. The van der Waals surface area contributed by atoms with Crippen molar-refractivity contribution in [3.05, 3.63) is 0 Å². The Balaban J connectivity index is 4.51. The molecule has 12 nitrogen and oxygen atoms in total. The molecule has 0 aliphatic carbocycles. The second-order valence-electron chi connectivity index (χ2n) is 6.67. The van der Waals surface area contributed by atoms with Crippen LogP contribution < -0.4 is 33.6 Å². The van der Waals surface area contributed by atoms with Crippen molar-refractivity contribution in [3.63, 3.8) is 0 Å². The number of aliphatic carboxylic acids is 1. The lowest BCUT2D eigenvalue weighted by Crippen LogP contribution is -2.54. The molecular formula is C16H31N7O5. The lowest BCUT2D eigenvalue weighted by Gasteiger charge is -2.24. The Morgan fingerprint density at radius 2 is 1.68 bits per heavy atom. The summed E-state index contributed by atoms with van der Waals surface area (Å²) >= 11 is 0. The van der Waals surface area contributed by atoms with Gasteiger partial charge in [0.1, 0.15) is 0 Å².